The van der Waals surface area contributed by atoms with Crippen molar-refractivity contribution in [1.82, 2.24) is 19.5 Å². The van der Waals surface area contributed by atoms with Crippen LogP contribution in [0.5, 0.6) is 0 Å². The predicted octanol–water partition coefficient (Wildman–Crippen LogP) is 4.95. The topological polar surface area (TPSA) is 110 Å². The Morgan fingerprint density at radius 3 is 2.71 bits per heavy atom. The average molecular weight is 613 g/mol. The van der Waals surface area contributed by atoms with Gasteiger partial charge in [-0.25, -0.2) is 19.3 Å². The van der Waals surface area contributed by atoms with E-state index in [4.69, 9.17) is 34.0 Å². The van der Waals surface area contributed by atoms with Crippen LogP contribution in [0.4, 0.5) is 10.2 Å². The van der Waals surface area contributed by atoms with Crippen molar-refractivity contribution in [1.29, 1.82) is 0 Å². The van der Waals surface area contributed by atoms with Crippen LogP contribution in [0.3, 0.4) is 0 Å². The second kappa shape index (κ2) is 11.5. The average Bonchev–Trinajstić information content (AvgIpc) is 3.46. The third-order valence-electron chi connectivity index (χ3n) is 6.73. The molecular weight excluding hydrogens is 587 g/mol. The first-order chi connectivity index (χ1) is 16.4. The minimum Gasteiger partial charge on any atom is -0.400 e. The van der Waals surface area contributed by atoms with Crippen molar-refractivity contribution < 1.29 is 35.0 Å². The number of nitrogen functional groups attached to an aromatic ring is 1. The van der Waals surface area contributed by atoms with E-state index < -0.39 is 0 Å². The summed E-state index contributed by atoms with van der Waals surface area (Å²) in [5, 5.41) is 19.1. The standard InChI is InChI=1S/C23H22Cl2FN5O.CH4O.Pd/c24-17-9-16-18(26)7-13(8-19(16)30-21(17)27)1-4-23(11-32)5-2-14(10-23)31-6-3-15-20(25)28-12-29-22(15)31;1-2;/h3,6-9,12,14,32H,1-2,4-5,10-11H2,(H2,27,30);2H,1H3;/t14?,23-;;/m0../s1. The van der Waals surface area contributed by atoms with E-state index in [0.29, 0.717) is 22.5 Å². The first-order valence-corrected chi connectivity index (χ1v) is 11.7. The number of hydrogen-bond donors (Lipinski definition) is 3. The van der Waals surface area contributed by atoms with Crippen molar-refractivity contribution in [2.24, 2.45) is 5.41 Å². The fraction of sp³-hybridized carbons (Fsp3) is 0.375. The summed E-state index contributed by atoms with van der Waals surface area (Å²) in [7, 11) is 1.00. The number of nitrogens with two attached hydrogens (primary N) is 1. The Balaban J connectivity index is 0.00000111. The van der Waals surface area contributed by atoms with Gasteiger partial charge in [0.15, 0.2) is 0 Å². The number of nitrogens with zero attached hydrogens (tertiary/aromatic N) is 4. The van der Waals surface area contributed by atoms with Gasteiger partial charge in [-0.1, -0.05) is 23.2 Å². The zero-order valence-corrected chi connectivity index (χ0v) is 22.1. The maximum absolute atomic E-state index is 14.7. The van der Waals surface area contributed by atoms with Gasteiger partial charge in [0.25, 0.3) is 0 Å². The zero-order valence-electron chi connectivity index (χ0n) is 19.0. The van der Waals surface area contributed by atoms with E-state index in [9.17, 15) is 9.50 Å². The van der Waals surface area contributed by atoms with E-state index in [1.807, 2.05) is 18.3 Å². The first kappa shape index (κ1) is 27.7. The van der Waals surface area contributed by atoms with Crippen molar-refractivity contribution in [2.75, 3.05) is 19.5 Å². The molecule has 1 aliphatic rings. The molecule has 3 aromatic heterocycles. The van der Waals surface area contributed by atoms with Gasteiger partial charge in [0, 0.05) is 51.8 Å². The van der Waals surface area contributed by atoms with E-state index in [1.165, 1.54) is 18.5 Å². The third-order valence-corrected chi connectivity index (χ3v) is 7.34. The summed E-state index contributed by atoms with van der Waals surface area (Å²) in [5.41, 5.74) is 7.67. The molecule has 1 fully saturated rings. The molecule has 11 heteroatoms. The Labute approximate surface area is 226 Å². The summed E-state index contributed by atoms with van der Waals surface area (Å²) in [4.78, 5) is 12.7. The number of aliphatic hydroxyl groups excluding tert-OH is 2. The monoisotopic (exact) mass is 611 g/mol. The van der Waals surface area contributed by atoms with Crippen molar-refractivity contribution in [3.63, 3.8) is 0 Å². The van der Waals surface area contributed by atoms with E-state index in [1.54, 1.807) is 0 Å². The number of benzene rings is 1. The fourth-order valence-electron chi connectivity index (χ4n) is 4.93. The van der Waals surface area contributed by atoms with Gasteiger partial charge in [0.1, 0.15) is 28.8 Å². The number of pyridine rings is 1. The van der Waals surface area contributed by atoms with Crippen LogP contribution in [0, 0.1) is 11.2 Å². The molecule has 2 atom stereocenters. The Hall–Kier alpha value is -1.86. The fourth-order valence-corrected chi connectivity index (χ4v) is 5.27. The Kier molecular flexibility index (Phi) is 9.08. The summed E-state index contributed by atoms with van der Waals surface area (Å²) in [6.45, 7) is 0.0787. The Bertz CT molecular complexity index is 1340. The van der Waals surface area contributed by atoms with Crippen LogP contribution < -0.4 is 5.73 Å². The molecule has 1 unspecified atom stereocenters. The maximum atomic E-state index is 14.7. The van der Waals surface area contributed by atoms with Crippen molar-refractivity contribution in [3.05, 3.63) is 58.3 Å². The van der Waals surface area contributed by atoms with Gasteiger partial charge in [0.05, 0.1) is 15.9 Å². The van der Waals surface area contributed by atoms with Gasteiger partial charge in [-0.05, 0) is 67.3 Å². The van der Waals surface area contributed by atoms with E-state index in [2.05, 4.69) is 19.5 Å². The molecular formula is C24H26Cl2FN5O2Pd. The number of hydrogen-bond acceptors (Lipinski definition) is 6. The minimum atomic E-state index is -0.371. The van der Waals surface area contributed by atoms with Crippen LogP contribution in [-0.2, 0) is 26.8 Å². The third kappa shape index (κ3) is 5.46. The van der Waals surface area contributed by atoms with Crippen LogP contribution >= 0.6 is 23.2 Å². The zero-order chi connectivity index (χ0) is 24.5. The van der Waals surface area contributed by atoms with Gasteiger partial charge < -0.3 is 20.5 Å². The number of aryl methyl sites for hydroxylation is 1. The van der Waals surface area contributed by atoms with Gasteiger partial charge >= 0.3 is 0 Å². The minimum absolute atomic E-state index is 0. The molecule has 1 aromatic carbocycles. The summed E-state index contributed by atoms with van der Waals surface area (Å²) >= 11 is 12.2. The number of aromatic nitrogens is 4. The molecule has 0 amide bonds. The maximum Gasteiger partial charge on any atom is 0.145 e. The smallest absolute Gasteiger partial charge is 0.145 e. The van der Waals surface area contributed by atoms with Crippen LogP contribution in [0.25, 0.3) is 21.9 Å². The van der Waals surface area contributed by atoms with Crippen LogP contribution in [0.2, 0.25) is 10.2 Å². The number of halogens is 3. The van der Waals surface area contributed by atoms with E-state index in [0.717, 1.165) is 49.4 Å². The molecule has 35 heavy (non-hydrogen) atoms. The Morgan fingerprint density at radius 1 is 1.20 bits per heavy atom. The number of fused-ring (bicyclic) bond motifs is 2. The van der Waals surface area contributed by atoms with Crippen molar-refractivity contribution in [2.45, 2.75) is 38.1 Å². The van der Waals surface area contributed by atoms with Gasteiger partial charge in [-0.2, -0.15) is 0 Å². The molecule has 4 N–H and O–H groups in total. The molecule has 7 nitrogen and oxygen atoms in total. The van der Waals surface area contributed by atoms with E-state index >= 15 is 0 Å². The molecule has 4 aromatic rings. The van der Waals surface area contributed by atoms with Crippen LogP contribution in [0.1, 0.15) is 37.3 Å². The summed E-state index contributed by atoms with van der Waals surface area (Å²) in [5.74, 6) is -0.186. The molecule has 0 aliphatic heterocycles. The quantitative estimate of drug-likeness (QED) is 0.217. The normalized spacial score (nSPS) is 19.4. The van der Waals surface area contributed by atoms with Crippen LogP contribution in [0.15, 0.2) is 36.8 Å². The predicted molar refractivity (Wildman–Crippen MR) is 133 cm³/mol. The molecule has 0 saturated heterocycles. The van der Waals surface area contributed by atoms with E-state index in [-0.39, 0.29) is 55.1 Å². The second-order valence-electron chi connectivity index (χ2n) is 8.68. The number of anilines is 1. The molecule has 1 aliphatic carbocycles. The van der Waals surface area contributed by atoms with Gasteiger partial charge in [-0.15, -0.1) is 0 Å². The second-order valence-corrected chi connectivity index (χ2v) is 9.44. The van der Waals surface area contributed by atoms with Crippen LogP contribution in [-0.4, -0.2) is 43.4 Å². The SMILES string of the molecule is CO.Nc1nc2cc(CC[C@]3(CO)CCC(n4ccc5c(Cl)ncnc54)C3)cc(F)c2cc1Cl.[Pd]. The summed E-state index contributed by atoms with van der Waals surface area (Å²) in [6.07, 6.45) is 7.44. The first-order valence-electron chi connectivity index (χ1n) is 11.0. The Morgan fingerprint density at radius 2 is 1.97 bits per heavy atom. The van der Waals surface area contributed by atoms with Crippen molar-refractivity contribution >= 4 is 51.0 Å². The van der Waals surface area contributed by atoms with Crippen molar-refractivity contribution in [3.8, 4) is 0 Å². The molecule has 0 spiro atoms. The molecule has 0 bridgehead atoms. The molecule has 1 saturated carbocycles. The van der Waals surface area contributed by atoms with Gasteiger partial charge in [0.2, 0.25) is 0 Å². The largest absolute Gasteiger partial charge is 0.400 e. The summed E-state index contributed by atoms with van der Waals surface area (Å²) in [6, 6.07) is 7.02. The molecule has 190 valence electrons. The molecule has 5 rings (SSSR count). The number of aliphatic hydroxyl groups is 2. The summed E-state index contributed by atoms with van der Waals surface area (Å²) < 4.78 is 16.8. The number of rotatable bonds is 5. The molecule has 0 radical (unpaired) electrons. The molecule has 3 heterocycles. The van der Waals surface area contributed by atoms with Gasteiger partial charge in [-0.3, -0.25) is 0 Å².